The van der Waals surface area contributed by atoms with Gasteiger partial charge in [0.25, 0.3) is 5.91 Å². The summed E-state index contributed by atoms with van der Waals surface area (Å²) in [5, 5.41) is 14.2. The Kier molecular flexibility index (Phi) is 10.1. The molecule has 8 nitrogen and oxygen atoms in total. The molecule has 0 radical (unpaired) electrons. The second-order valence-corrected chi connectivity index (χ2v) is 12.9. The summed E-state index contributed by atoms with van der Waals surface area (Å²) >= 11 is 13.1. The van der Waals surface area contributed by atoms with Crippen LogP contribution in [0.4, 0.5) is 0 Å². The summed E-state index contributed by atoms with van der Waals surface area (Å²) in [6.07, 6.45) is 0.723. The summed E-state index contributed by atoms with van der Waals surface area (Å²) in [4.78, 5) is 15.0. The third-order valence-corrected chi connectivity index (χ3v) is 9.81. The van der Waals surface area contributed by atoms with E-state index in [1.54, 1.807) is 48.5 Å². The van der Waals surface area contributed by atoms with E-state index in [9.17, 15) is 18.3 Å². The lowest BCUT2D eigenvalue weighted by molar-refractivity contribution is 0.0630. The molecule has 2 heterocycles. The van der Waals surface area contributed by atoms with Crippen LogP contribution in [0.15, 0.2) is 64.9 Å². The van der Waals surface area contributed by atoms with E-state index >= 15 is 0 Å². The summed E-state index contributed by atoms with van der Waals surface area (Å²) in [6.45, 7) is 1.92. The van der Waals surface area contributed by atoms with Crippen LogP contribution in [0, 0.1) is 0 Å². The number of likely N-dealkylation sites (tertiary alicyclic amines) is 1. The van der Waals surface area contributed by atoms with Gasteiger partial charge in [0.2, 0.25) is 10.0 Å². The number of sulfonamides is 1. The molecule has 3 N–H and O–H groups in total. The molecule has 1 aliphatic rings. The number of carbonyl (C=O) groups is 1. The van der Waals surface area contributed by atoms with Gasteiger partial charge in [-0.3, -0.25) is 4.79 Å². The van der Waals surface area contributed by atoms with E-state index in [0.29, 0.717) is 32.8 Å². The first-order valence-corrected chi connectivity index (χ1v) is 15.2. The summed E-state index contributed by atoms with van der Waals surface area (Å²) in [7, 11) is -3.78. The van der Waals surface area contributed by atoms with Crippen molar-refractivity contribution in [1.29, 1.82) is 0 Å². The Labute approximate surface area is 236 Å². The van der Waals surface area contributed by atoms with Crippen molar-refractivity contribution in [2.75, 3.05) is 26.2 Å². The fourth-order valence-corrected chi connectivity index (χ4v) is 6.75. The topological polar surface area (TPSA) is 108 Å². The molecule has 0 bridgehead atoms. The number of nitrogens with zero attached hydrogens (tertiary/aromatic N) is 1. The van der Waals surface area contributed by atoms with Crippen LogP contribution in [0.2, 0.25) is 10.0 Å². The largest absolute Gasteiger partial charge is 0.490 e. The molecule has 1 aliphatic heterocycles. The average Bonchev–Trinajstić information content (AvgIpc) is 3.40. The summed E-state index contributed by atoms with van der Waals surface area (Å²) in [5.41, 5.74) is 0.538. The van der Waals surface area contributed by atoms with Gasteiger partial charge < -0.3 is 20.1 Å². The van der Waals surface area contributed by atoms with Crippen molar-refractivity contribution in [1.82, 2.24) is 14.9 Å². The quantitative estimate of drug-likeness (QED) is 0.306. The third-order valence-electron chi connectivity index (χ3n) is 6.07. The Morgan fingerprint density at radius 2 is 1.82 bits per heavy atom. The van der Waals surface area contributed by atoms with Gasteiger partial charge in [0, 0.05) is 42.7 Å². The zero-order chi connectivity index (χ0) is 27.1. The minimum Gasteiger partial charge on any atom is -0.490 e. The van der Waals surface area contributed by atoms with Crippen LogP contribution in [0.3, 0.4) is 0 Å². The fraction of sp³-hybridized carbons (Fsp3) is 0.346. The normalized spacial score (nSPS) is 15.8. The molecular formula is C26H29Cl2N3O5S2. The number of β-amino-alcohol motifs (C(OH)–C–C–N with tert-alkyl or cyclic N) is 1. The maximum Gasteiger partial charge on any atom is 0.251 e. The second-order valence-electron chi connectivity index (χ2n) is 8.97. The number of carbonyl (C=O) groups excluding carboxylic acids is 1. The minimum atomic E-state index is -3.78. The molecule has 1 saturated heterocycles. The number of halogens is 2. The number of aliphatic hydroxyl groups excluding tert-OH is 1. The van der Waals surface area contributed by atoms with Crippen molar-refractivity contribution < 1.29 is 23.1 Å². The molecule has 38 heavy (non-hydrogen) atoms. The van der Waals surface area contributed by atoms with Crippen molar-refractivity contribution in [2.45, 2.75) is 35.8 Å². The first kappa shape index (κ1) is 28.8. The second kappa shape index (κ2) is 13.3. The van der Waals surface area contributed by atoms with Crippen molar-refractivity contribution >= 4 is 50.5 Å². The number of piperidine rings is 1. The smallest absolute Gasteiger partial charge is 0.251 e. The predicted molar refractivity (Wildman–Crippen MR) is 150 cm³/mol. The van der Waals surface area contributed by atoms with Crippen LogP contribution < -0.4 is 14.8 Å². The number of hydrogen-bond donors (Lipinski definition) is 3. The number of nitrogens with one attached hydrogen (secondary N) is 2. The Bertz CT molecular complexity index is 1330. The van der Waals surface area contributed by atoms with Gasteiger partial charge in [-0.25, -0.2) is 13.1 Å². The highest BCUT2D eigenvalue weighted by Crippen LogP contribution is 2.28. The zero-order valence-corrected chi connectivity index (χ0v) is 23.6. The monoisotopic (exact) mass is 597 g/mol. The highest BCUT2D eigenvalue weighted by atomic mass is 35.5. The van der Waals surface area contributed by atoms with Gasteiger partial charge in [0.15, 0.2) is 0 Å². The molecule has 2 aromatic carbocycles. The maximum absolute atomic E-state index is 12.7. The summed E-state index contributed by atoms with van der Waals surface area (Å²) < 4.78 is 34.1. The van der Waals surface area contributed by atoms with Crippen LogP contribution in [0.1, 0.15) is 28.1 Å². The number of amides is 1. The predicted octanol–water partition coefficient (Wildman–Crippen LogP) is 4.17. The first-order chi connectivity index (χ1) is 18.2. The van der Waals surface area contributed by atoms with Gasteiger partial charge in [0.05, 0.1) is 22.7 Å². The van der Waals surface area contributed by atoms with Crippen LogP contribution in [0.5, 0.6) is 5.75 Å². The Balaban J connectivity index is 1.18. The van der Waals surface area contributed by atoms with Gasteiger partial charge in [-0.05, 0) is 49.2 Å². The van der Waals surface area contributed by atoms with Crippen molar-refractivity contribution in [2.24, 2.45) is 0 Å². The molecule has 0 unspecified atom stereocenters. The molecule has 3 aromatic rings. The molecule has 1 fully saturated rings. The molecule has 1 aromatic heterocycles. The van der Waals surface area contributed by atoms with E-state index in [0.717, 1.165) is 37.3 Å². The number of ether oxygens (including phenoxy) is 1. The third kappa shape index (κ3) is 8.16. The minimum absolute atomic E-state index is 0.0321. The Morgan fingerprint density at radius 1 is 1.08 bits per heavy atom. The van der Waals surface area contributed by atoms with E-state index in [1.165, 1.54) is 6.07 Å². The molecule has 4 rings (SSSR count). The van der Waals surface area contributed by atoms with Crippen LogP contribution in [-0.2, 0) is 16.6 Å². The molecule has 0 saturated carbocycles. The molecular weight excluding hydrogens is 569 g/mol. The number of rotatable bonds is 11. The van der Waals surface area contributed by atoms with Crippen LogP contribution >= 0.6 is 34.5 Å². The Morgan fingerprint density at radius 3 is 2.53 bits per heavy atom. The lowest BCUT2D eigenvalue weighted by Gasteiger charge is -2.33. The van der Waals surface area contributed by atoms with Crippen molar-refractivity contribution in [3.8, 4) is 5.75 Å². The Hall–Kier alpha value is -2.18. The van der Waals surface area contributed by atoms with E-state index < -0.39 is 16.1 Å². The van der Waals surface area contributed by atoms with E-state index in [1.807, 2.05) is 6.07 Å². The lowest BCUT2D eigenvalue weighted by atomic mass is 10.1. The van der Waals surface area contributed by atoms with Gasteiger partial charge >= 0.3 is 0 Å². The van der Waals surface area contributed by atoms with Crippen molar-refractivity contribution in [3.63, 3.8) is 0 Å². The van der Waals surface area contributed by atoms with E-state index in [4.69, 9.17) is 27.9 Å². The maximum atomic E-state index is 12.7. The van der Waals surface area contributed by atoms with E-state index in [2.05, 4.69) is 14.9 Å². The van der Waals surface area contributed by atoms with Gasteiger partial charge in [-0.1, -0.05) is 41.4 Å². The molecule has 0 spiro atoms. The molecule has 12 heteroatoms. The number of benzene rings is 2. The summed E-state index contributed by atoms with van der Waals surface area (Å²) in [6, 6.07) is 17.2. The molecule has 1 amide bonds. The average molecular weight is 599 g/mol. The van der Waals surface area contributed by atoms with Gasteiger partial charge in [-0.15, -0.1) is 11.3 Å². The number of thiophene rings is 1. The van der Waals surface area contributed by atoms with Gasteiger partial charge in [-0.2, -0.15) is 0 Å². The summed E-state index contributed by atoms with van der Waals surface area (Å²) in [5.74, 6) is 0.442. The lowest BCUT2D eigenvalue weighted by Crippen LogP contribution is -2.44. The van der Waals surface area contributed by atoms with Crippen molar-refractivity contribution in [3.05, 3.63) is 81.1 Å². The standard InChI is InChI=1S/C26H29Cl2N3O5S2/c27-23-8-6-21(14-24(23)28)36-20-10-12-31(13-11-20)17-19(32)15-30-38(34,35)25-9-7-22(37-25)16-29-26(33)18-4-2-1-3-5-18/h1-9,14,19-20,30,32H,10-13,15-17H2,(H,29,33)/t19-/m0/s1. The molecule has 204 valence electrons. The molecule has 1 atom stereocenters. The number of hydrogen-bond acceptors (Lipinski definition) is 7. The van der Waals surface area contributed by atoms with Crippen LogP contribution in [-0.4, -0.2) is 62.7 Å². The van der Waals surface area contributed by atoms with Gasteiger partial charge in [0.1, 0.15) is 16.1 Å². The SMILES string of the molecule is O=C(NCc1ccc(S(=O)(=O)NC[C@H](O)CN2CCC(Oc3ccc(Cl)c(Cl)c3)CC2)s1)c1ccccc1. The zero-order valence-electron chi connectivity index (χ0n) is 20.5. The first-order valence-electron chi connectivity index (χ1n) is 12.1. The van der Waals surface area contributed by atoms with Crippen LogP contribution in [0.25, 0.3) is 0 Å². The highest BCUT2D eigenvalue weighted by Gasteiger charge is 2.24. The fourth-order valence-electron chi connectivity index (χ4n) is 4.05. The highest BCUT2D eigenvalue weighted by molar-refractivity contribution is 7.91. The molecule has 0 aliphatic carbocycles. The number of aliphatic hydroxyl groups is 1. The van der Waals surface area contributed by atoms with E-state index in [-0.39, 0.29) is 29.3 Å².